The quantitative estimate of drug-likeness (QED) is 0.805. The summed E-state index contributed by atoms with van der Waals surface area (Å²) in [6.07, 6.45) is 3.72. The van der Waals surface area contributed by atoms with E-state index in [2.05, 4.69) is 11.1 Å². The van der Waals surface area contributed by atoms with Crippen LogP contribution in [0.5, 0.6) is 0 Å². The number of esters is 1. The average molecular weight is 271 g/mol. The zero-order chi connectivity index (χ0) is 13.9. The van der Waals surface area contributed by atoms with Crippen LogP contribution in [0.1, 0.15) is 22.3 Å². The number of hydrogen-bond acceptors (Lipinski definition) is 4. The summed E-state index contributed by atoms with van der Waals surface area (Å²) < 4.78 is 10.2. The maximum atomic E-state index is 11.8. The number of ether oxygens (including phenoxy) is 2. The molecule has 104 valence electrons. The molecule has 1 fully saturated rings. The third-order valence-corrected chi connectivity index (χ3v) is 3.76. The van der Waals surface area contributed by atoms with E-state index >= 15 is 0 Å². The summed E-state index contributed by atoms with van der Waals surface area (Å²) in [5, 5.41) is 0.857. The van der Waals surface area contributed by atoms with Gasteiger partial charge in [0.15, 0.2) is 0 Å². The summed E-state index contributed by atoms with van der Waals surface area (Å²) in [5.74, 6) is 0.254. The Kier molecular flexibility index (Phi) is 3.65. The van der Waals surface area contributed by atoms with Crippen molar-refractivity contribution in [3.8, 4) is 0 Å². The third-order valence-electron chi connectivity index (χ3n) is 3.76. The Morgan fingerprint density at radius 2 is 2.35 bits per heavy atom. The molecule has 3 rings (SSSR count). The molecule has 0 unspecified atom stereocenters. The van der Waals surface area contributed by atoms with Crippen LogP contribution < -0.4 is 0 Å². The number of carbonyl (C=O) groups is 1. The van der Waals surface area contributed by atoms with Gasteiger partial charge < -0.3 is 9.47 Å². The minimum Gasteiger partial charge on any atom is -0.465 e. The Morgan fingerprint density at radius 1 is 1.45 bits per heavy atom. The molecule has 1 aliphatic heterocycles. The van der Waals surface area contributed by atoms with Crippen LogP contribution in [-0.4, -0.2) is 31.3 Å². The molecule has 0 radical (unpaired) electrons. The number of rotatable bonds is 3. The first kappa shape index (κ1) is 13.1. The Bertz CT molecular complexity index is 633. The van der Waals surface area contributed by atoms with Crippen LogP contribution in [0.15, 0.2) is 30.5 Å². The number of nitrogens with zero attached hydrogens (tertiary/aromatic N) is 1. The highest BCUT2D eigenvalue weighted by atomic mass is 16.5. The molecular weight excluding hydrogens is 254 g/mol. The van der Waals surface area contributed by atoms with E-state index in [1.54, 1.807) is 12.3 Å². The van der Waals surface area contributed by atoms with Crippen molar-refractivity contribution < 1.29 is 14.3 Å². The number of hydrogen-bond donors (Lipinski definition) is 0. The summed E-state index contributed by atoms with van der Waals surface area (Å²) in [5.41, 5.74) is 2.60. The van der Waals surface area contributed by atoms with E-state index in [0.717, 1.165) is 37.0 Å². The molecule has 2 aromatic rings. The van der Waals surface area contributed by atoms with Crippen LogP contribution in [0, 0.1) is 5.92 Å². The van der Waals surface area contributed by atoms with E-state index in [-0.39, 0.29) is 5.97 Å². The van der Waals surface area contributed by atoms with Crippen molar-refractivity contribution in [1.29, 1.82) is 0 Å². The lowest BCUT2D eigenvalue weighted by atomic mass is 9.96. The fraction of sp³-hybridized carbons (Fsp3) is 0.375. The number of fused-ring (bicyclic) bond motifs is 1. The van der Waals surface area contributed by atoms with E-state index < -0.39 is 0 Å². The lowest BCUT2D eigenvalue weighted by Crippen LogP contribution is -2.05. The van der Waals surface area contributed by atoms with Crippen LogP contribution in [-0.2, 0) is 15.9 Å². The van der Waals surface area contributed by atoms with Crippen molar-refractivity contribution in [2.24, 2.45) is 5.92 Å². The Balaban J connectivity index is 1.97. The predicted octanol–water partition coefficient (Wildman–Crippen LogP) is 2.60. The highest BCUT2D eigenvalue weighted by Gasteiger charge is 2.17. The Morgan fingerprint density at radius 3 is 3.10 bits per heavy atom. The molecule has 1 atom stereocenters. The lowest BCUT2D eigenvalue weighted by Gasteiger charge is -2.10. The molecule has 0 amide bonds. The van der Waals surface area contributed by atoms with Gasteiger partial charge in [-0.15, -0.1) is 0 Å². The van der Waals surface area contributed by atoms with Crippen molar-refractivity contribution in [2.75, 3.05) is 20.3 Å². The standard InChI is InChI=1S/C16H17NO3/c1-19-16(18)13-4-6-17-15-3-2-11(9-14(13)15)8-12-5-7-20-10-12/h2-4,6,9,12H,5,7-8,10H2,1H3/t12-/m1/s1. The topological polar surface area (TPSA) is 48.4 Å². The Hall–Kier alpha value is -1.94. The zero-order valence-electron chi connectivity index (χ0n) is 11.5. The van der Waals surface area contributed by atoms with Gasteiger partial charge in [-0.1, -0.05) is 6.07 Å². The summed E-state index contributed by atoms with van der Waals surface area (Å²) in [6.45, 7) is 1.68. The number of benzene rings is 1. The maximum absolute atomic E-state index is 11.8. The molecule has 0 bridgehead atoms. The molecule has 0 N–H and O–H groups in total. The minimum atomic E-state index is -0.321. The molecule has 2 heterocycles. The molecular formula is C16H17NO3. The summed E-state index contributed by atoms with van der Waals surface area (Å²) in [6, 6.07) is 7.80. The van der Waals surface area contributed by atoms with Crippen molar-refractivity contribution in [3.63, 3.8) is 0 Å². The van der Waals surface area contributed by atoms with Gasteiger partial charge in [0.25, 0.3) is 0 Å². The van der Waals surface area contributed by atoms with Crippen LogP contribution in [0.3, 0.4) is 0 Å². The third kappa shape index (κ3) is 2.51. The minimum absolute atomic E-state index is 0.321. The second-order valence-corrected chi connectivity index (χ2v) is 5.14. The van der Waals surface area contributed by atoms with Gasteiger partial charge in [-0.25, -0.2) is 4.79 Å². The largest absolute Gasteiger partial charge is 0.465 e. The van der Waals surface area contributed by atoms with E-state index in [1.807, 2.05) is 12.1 Å². The van der Waals surface area contributed by atoms with E-state index in [1.165, 1.54) is 12.7 Å². The molecule has 1 aromatic carbocycles. The van der Waals surface area contributed by atoms with Crippen molar-refractivity contribution in [3.05, 3.63) is 41.6 Å². The molecule has 4 nitrogen and oxygen atoms in total. The van der Waals surface area contributed by atoms with Crippen LogP contribution in [0.2, 0.25) is 0 Å². The van der Waals surface area contributed by atoms with Gasteiger partial charge in [-0.05, 0) is 42.5 Å². The first-order chi connectivity index (χ1) is 9.78. The lowest BCUT2D eigenvalue weighted by molar-refractivity contribution is 0.0603. The number of methoxy groups -OCH3 is 1. The maximum Gasteiger partial charge on any atom is 0.338 e. The van der Waals surface area contributed by atoms with Crippen molar-refractivity contribution >= 4 is 16.9 Å². The molecule has 0 aliphatic carbocycles. The molecule has 1 aliphatic rings. The fourth-order valence-corrected chi connectivity index (χ4v) is 2.69. The van der Waals surface area contributed by atoms with Gasteiger partial charge >= 0.3 is 5.97 Å². The fourth-order valence-electron chi connectivity index (χ4n) is 2.69. The van der Waals surface area contributed by atoms with E-state index in [4.69, 9.17) is 9.47 Å². The second kappa shape index (κ2) is 5.59. The number of pyridine rings is 1. The summed E-state index contributed by atoms with van der Waals surface area (Å²) in [7, 11) is 1.40. The van der Waals surface area contributed by atoms with Crippen LogP contribution in [0.4, 0.5) is 0 Å². The highest BCUT2D eigenvalue weighted by molar-refractivity contribution is 6.03. The van der Waals surface area contributed by atoms with E-state index in [9.17, 15) is 4.79 Å². The summed E-state index contributed by atoms with van der Waals surface area (Å²) >= 11 is 0. The monoisotopic (exact) mass is 271 g/mol. The molecule has 1 aromatic heterocycles. The molecule has 4 heteroatoms. The van der Waals surface area contributed by atoms with Gasteiger partial charge in [0, 0.05) is 24.8 Å². The molecule has 0 spiro atoms. The average Bonchev–Trinajstić information content (AvgIpc) is 2.98. The van der Waals surface area contributed by atoms with Gasteiger partial charge in [0.1, 0.15) is 0 Å². The SMILES string of the molecule is COC(=O)c1ccnc2ccc(C[C@H]3CCOC3)cc12. The normalized spacial score (nSPS) is 18.4. The second-order valence-electron chi connectivity index (χ2n) is 5.14. The molecule has 0 saturated carbocycles. The molecule has 20 heavy (non-hydrogen) atoms. The Labute approximate surface area is 117 Å². The zero-order valence-corrected chi connectivity index (χ0v) is 11.5. The van der Waals surface area contributed by atoms with Crippen LogP contribution >= 0.6 is 0 Å². The highest BCUT2D eigenvalue weighted by Crippen LogP contribution is 2.23. The summed E-state index contributed by atoms with van der Waals surface area (Å²) in [4.78, 5) is 16.1. The van der Waals surface area contributed by atoms with Gasteiger partial charge in [-0.2, -0.15) is 0 Å². The van der Waals surface area contributed by atoms with Gasteiger partial charge in [0.05, 0.1) is 18.2 Å². The van der Waals surface area contributed by atoms with Crippen LogP contribution in [0.25, 0.3) is 10.9 Å². The number of carbonyl (C=O) groups excluding carboxylic acids is 1. The first-order valence-corrected chi connectivity index (χ1v) is 6.81. The number of aromatic nitrogens is 1. The first-order valence-electron chi connectivity index (χ1n) is 6.81. The predicted molar refractivity (Wildman–Crippen MR) is 75.7 cm³/mol. The smallest absolute Gasteiger partial charge is 0.338 e. The van der Waals surface area contributed by atoms with Gasteiger partial charge in [-0.3, -0.25) is 4.98 Å². The van der Waals surface area contributed by atoms with Crippen molar-refractivity contribution in [1.82, 2.24) is 4.98 Å². The van der Waals surface area contributed by atoms with Gasteiger partial charge in [0.2, 0.25) is 0 Å². The van der Waals surface area contributed by atoms with Crippen molar-refractivity contribution in [2.45, 2.75) is 12.8 Å². The molecule has 1 saturated heterocycles. The van der Waals surface area contributed by atoms with E-state index in [0.29, 0.717) is 11.5 Å².